The van der Waals surface area contributed by atoms with Crippen molar-refractivity contribution in [3.63, 3.8) is 0 Å². The maximum atomic E-state index is 14.3. The minimum Gasteiger partial charge on any atom is -0.465 e. The maximum absolute atomic E-state index is 14.3. The molecule has 3 aliphatic heterocycles. The van der Waals surface area contributed by atoms with Crippen LogP contribution in [-0.2, 0) is 23.9 Å². The van der Waals surface area contributed by atoms with Gasteiger partial charge in [0.15, 0.2) is 0 Å². The highest BCUT2D eigenvalue weighted by molar-refractivity contribution is 9.09. The van der Waals surface area contributed by atoms with Crippen LogP contribution in [0.3, 0.4) is 0 Å². The predicted molar refractivity (Wildman–Crippen MR) is 145 cm³/mol. The number of aliphatic hydroxyl groups is 1. The highest BCUT2D eigenvalue weighted by atomic mass is 79.9. The highest BCUT2D eigenvalue weighted by Gasteiger charge is 2.77. The molecule has 0 aromatic heterocycles. The van der Waals surface area contributed by atoms with Gasteiger partial charge in [-0.15, -0.1) is 13.2 Å². The molecule has 1 N–H and O–H groups in total. The minimum atomic E-state index is -1.16. The van der Waals surface area contributed by atoms with Gasteiger partial charge in [-0.2, -0.15) is 0 Å². The number of carbonyl (C=O) groups excluding carboxylic acids is 3. The molecule has 37 heavy (non-hydrogen) atoms. The van der Waals surface area contributed by atoms with Crippen LogP contribution in [0.25, 0.3) is 0 Å². The number of ether oxygens (including phenoxy) is 2. The van der Waals surface area contributed by atoms with Gasteiger partial charge in [0, 0.05) is 17.9 Å². The van der Waals surface area contributed by atoms with Crippen LogP contribution in [0.15, 0.2) is 25.3 Å². The molecule has 0 saturated carbocycles. The summed E-state index contributed by atoms with van der Waals surface area (Å²) in [4.78, 5) is 44.8. The normalized spacial score (nSPS) is 30.9. The zero-order chi connectivity index (χ0) is 27.3. The molecule has 3 saturated heterocycles. The Morgan fingerprint density at radius 3 is 2.65 bits per heavy atom. The van der Waals surface area contributed by atoms with Crippen molar-refractivity contribution >= 4 is 33.7 Å². The molecule has 7 atom stereocenters. The average Bonchev–Trinajstić information content (AvgIpc) is 3.45. The van der Waals surface area contributed by atoms with Crippen molar-refractivity contribution in [2.45, 2.75) is 87.9 Å². The van der Waals surface area contributed by atoms with Gasteiger partial charge in [-0.25, -0.2) is 0 Å². The quantitative estimate of drug-likeness (QED) is 0.137. The summed E-state index contributed by atoms with van der Waals surface area (Å²) in [6.45, 7) is 14.4. The molecule has 0 aliphatic carbocycles. The number of amides is 2. The number of unbranched alkanes of at least 4 members (excludes halogenated alkanes) is 2. The van der Waals surface area contributed by atoms with Crippen LogP contribution in [0.5, 0.6) is 0 Å². The van der Waals surface area contributed by atoms with Crippen LogP contribution in [0.2, 0.25) is 0 Å². The molecule has 9 heteroatoms. The number of alkyl halides is 1. The Labute approximate surface area is 229 Å². The molecule has 2 bridgehead atoms. The van der Waals surface area contributed by atoms with E-state index in [9.17, 15) is 19.5 Å². The van der Waals surface area contributed by atoms with Gasteiger partial charge in [0.05, 0.1) is 37.2 Å². The summed E-state index contributed by atoms with van der Waals surface area (Å²) in [7, 11) is 0. The summed E-state index contributed by atoms with van der Waals surface area (Å²) in [6, 6.07) is -1.49. The standard InChI is InChI=1S/C28H43BrN2O6/c1-6-9-11-13-30(12-8-3)26(34)24-28-16-20(29)23(37-28)21(27(35)36-14-10-7-2)22(28)25(33)31(24)19(17-32)15-18(4)5/h7-8,18-24,32H,2-3,6,9-17H2,1,4-5H3/t19-,20?,21+,22+,23+,24?,28?/m1/s1. The topological polar surface area (TPSA) is 96.4 Å². The van der Waals surface area contributed by atoms with Gasteiger partial charge in [-0.05, 0) is 31.6 Å². The lowest BCUT2D eigenvalue weighted by molar-refractivity contribution is -0.156. The number of esters is 1. The number of halogens is 1. The summed E-state index contributed by atoms with van der Waals surface area (Å²) in [5.74, 6) is -2.47. The van der Waals surface area contributed by atoms with Crippen molar-refractivity contribution in [2.24, 2.45) is 17.8 Å². The molecule has 0 radical (unpaired) electrons. The van der Waals surface area contributed by atoms with Gasteiger partial charge < -0.3 is 24.4 Å². The number of fused-ring (bicyclic) bond motifs is 1. The first-order chi connectivity index (χ1) is 17.7. The fourth-order valence-electron chi connectivity index (χ4n) is 6.34. The van der Waals surface area contributed by atoms with Crippen LogP contribution < -0.4 is 0 Å². The fourth-order valence-corrected chi connectivity index (χ4v) is 7.28. The van der Waals surface area contributed by atoms with Crippen LogP contribution in [-0.4, -0.2) is 87.6 Å². The van der Waals surface area contributed by atoms with Crippen LogP contribution >= 0.6 is 15.9 Å². The van der Waals surface area contributed by atoms with Gasteiger partial charge in [0.25, 0.3) is 0 Å². The lowest BCUT2D eigenvalue weighted by Gasteiger charge is -2.39. The molecule has 8 nitrogen and oxygen atoms in total. The predicted octanol–water partition coefficient (Wildman–Crippen LogP) is 3.47. The van der Waals surface area contributed by atoms with Crippen LogP contribution in [0.1, 0.15) is 59.3 Å². The molecular weight excluding hydrogens is 540 g/mol. The summed E-state index contributed by atoms with van der Waals surface area (Å²) >= 11 is 3.68. The minimum absolute atomic E-state index is 0.176. The molecule has 0 aromatic carbocycles. The molecule has 3 heterocycles. The monoisotopic (exact) mass is 582 g/mol. The number of likely N-dealkylation sites (tertiary alicyclic amines) is 1. The van der Waals surface area contributed by atoms with Gasteiger partial charge in [0.1, 0.15) is 11.6 Å². The lowest BCUT2D eigenvalue weighted by atomic mass is 9.70. The van der Waals surface area contributed by atoms with E-state index < -0.39 is 41.6 Å². The van der Waals surface area contributed by atoms with Crippen molar-refractivity contribution in [3.8, 4) is 0 Å². The first kappa shape index (κ1) is 29.8. The maximum Gasteiger partial charge on any atom is 0.312 e. The lowest BCUT2D eigenvalue weighted by Crippen LogP contribution is -2.59. The number of rotatable bonds is 15. The number of carbonyl (C=O) groups is 3. The van der Waals surface area contributed by atoms with Crippen molar-refractivity contribution < 1.29 is 29.0 Å². The number of nitrogens with zero attached hydrogens (tertiary/aromatic N) is 2. The van der Waals surface area contributed by atoms with Crippen molar-refractivity contribution in [3.05, 3.63) is 25.3 Å². The van der Waals surface area contributed by atoms with E-state index in [1.54, 1.807) is 22.0 Å². The largest absolute Gasteiger partial charge is 0.465 e. The second-order valence-electron chi connectivity index (χ2n) is 10.9. The molecule has 2 amide bonds. The smallest absolute Gasteiger partial charge is 0.312 e. The molecule has 1 spiro atoms. The Hall–Kier alpha value is -1.71. The van der Waals surface area contributed by atoms with Gasteiger partial charge in [-0.3, -0.25) is 14.4 Å². The summed E-state index contributed by atoms with van der Waals surface area (Å²) in [6.07, 6.45) is 7.10. The first-order valence-electron chi connectivity index (χ1n) is 13.6. The van der Waals surface area contributed by atoms with E-state index in [1.807, 2.05) is 13.8 Å². The third-order valence-corrected chi connectivity index (χ3v) is 8.68. The Balaban J connectivity index is 2.05. The van der Waals surface area contributed by atoms with E-state index >= 15 is 0 Å². The fraction of sp³-hybridized carbons (Fsp3) is 0.750. The second kappa shape index (κ2) is 12.9. The molecule has 3 aliphatic rings. The molecule has 3 unspecified atom stereocenters. The van der Waals surface area contributed by atoms with Crippen molar-refractivity contribution in [1.29, 1.82) is 0 Å². The molecule has 3 fully saturated rings. The second-order valence-corrected chi connectivity index (χ2v) is 12.1. The Morgan fingerprint density at radius 1 is 1.32 bits per heavy atom. The molecular formula is C28H43BrN2O6. The third-order valence-electron chi connectivity index (χ3n) is 7.84. The van der Waals surface area contributed by atoms with E-state index in [1.165, 1.54) is 0 Å². The Bertz CT molecular complexity index is 866. The van der Waals surface area contributed by atoms with Gasteiger partial charge in [-0.1, -0.05) is 61.7 Å². The van der Waals surface area contributed by atoms with Crippen LogP contribution in [0, 0.1) is 17.8 Å². The van der Waals surface area contributed by atoms with Crippen molar-refractivity contribution in [1.82, 2.24) is 9.80 Å². The van der Waals surface area contributed by atoms with E-state index in [2.05, 4.69) is 36.0 Å². The molecule has 3 rings (SSSR count). The SMILES string of the molecule is C=CCCOC(=O)[C@H]1[C@H]2C(=O)N([C@@H](CO)CC(C)C)C(C(=O)N(CC=C)CCCCC)C23CC(Br)[C@@H]1O3. The first-order valence-corrected chi connectivity index (χ1v) is 14.5. The number of hydrogen-bond acceptors (Lipinski definition) is 6. The molecule has 208 valence electrons. The van der Waals surface area contributed by atoms with E-state index in [0.29, 0.717) is 32.4 Å². The number of aliphatic hydroxyl groups excluding tert-OH is 1. The number of hydrogen-bond donors (Lipinski definition) is 1. The Kier molecular flexibility index (Phi) is 10.4. The van der Waals surface area contributed by atoms with Crippen LogP contribution in [0.4, 0.5) is 0 Å². The van der Waals surface area contributed by atoms with Crippen molar-refractivity contribution in [2.75, 3.05) is 26.3 Å². The van der Waals surface area contributed by atoms with E-state index in [-0.39, 0.29) is 35.8 Å². The van der Waals surface area contributed by atoms with E-state index in [4.69, 9.17) is 9.47 Å². The highest BCUT2D eigenvalue weighted by Crippen LogP contribution is 2.60. The summed E-state index contributed by atoms with van der Waals surface area (Å²) in [5.41, 5.74) is -1.16. The Morgan fingerprint density at radius 2 is 2.05 bits per heavy atom. The zero-order valence-corrected chi connectivity index (χ0v) is 24.0. The summed E-state index contributed by atoms with van der Waals surface area (Å²) in [5, 5.41) is 10.4. The van der Waals surface area contributed by atoms with Gasteiger partial charge in [0.2, 0.25) is 11.8 Å². The third kappa shape index (κ3) is 5.69. The average molecular weight is 584 g/mol. The van der Waals surface area contributed by atoms with Gasteiger partial charge >= 0.3 is 5.97 Å². The zero-order valence-electron chi connectivity index (χ0n) is 22.4. The summed E-state index contributed by atoms with van der Waals surface area (Å²) < 4.78 is 12.1. The van der Waals surface area contributed by atoms with E-state index in [0.717, 1.165) is 19.3 Å². The molecule has 0 aromatic rings.